The van der Waals surface area contributed by atoms with Gasteiger partial charge in [-0.2, -0.15) is 8.42 Å². The van der Waals surface area contributed by atoms with Crippen molar-refractivity contribution in [2.75, 3.05) is 12.3 Å². The fourth-order valence-corrected chi connectivity index (χ4v) is 1.77. The van der Waals surface area contributed by atoms with Crippen molar-refractivity contribution < 1.29 is 22.9 Å². The fraction of sp³-hybridized carbons (Fsp3) is 0.364. The number of phenols is 1. The molecule has 7 nitrogen and oxygen atoms in total. The molecule has 1 atom stereocenters. The van der Waals surface area contributed by atoms with Gasteiger partial charge in [0.15, 0.2) is 0 Å². The normalized spacial score (nSPS) is 12.9. The third-order valence-electron chi connectivity index (χ3n) is 2.39. The Hall–Kier alpha value is -1.64. The lowest BCUT2D eigenvalue weighted by atomic mass is 10.1. The third kappa shape index (κ3) is 6.18. The highest BCUT2D eigenvalue weighted by molar-refractivity contribution is 7.85. The van der Waals surface area contributed by atoms with Gasteiger partial charge in [0.1, 0.15) is 5.75 Å². The Morgan fingerprint density at radius 1 is 1.32 bits per heavy atom. The van der Waals surface area contributed by atoms with Crippen molar-refractivity contribution in [2.45, 2.75) is 12.5 Å². The van der Waals surface area contributed by atoms with E-state index in [1.54, 1.807) is 12.1 Å². The van der Waals surface area contributed by atoms with E-state index in [1.165, 1.54) is 12.1 Å². The van der Waals surface area contributed by atoms with Crippen LogP contribution in [-0.2, 0) is 21.3 Å². The van der Waals surface area contributed by atoms with E-state index in [2.05, 4.69) is 5.32 Å². The molecule has 1 amide bonds. The Morgan fingerprint density at radius 3 is 2.42 bits per heavy atom. The van der Waals surface area contributed by atoms with Crippen molar-refractivity contribution in [2.24, 2.45) is 5.73 Å². The molecule has 0 aliphatic carbocycles. The number of carbonyl (C=O) groups is 1. The average molecular weight is 288 g/mol. The molecule has 1 aromatic rings. The van der Waals surface area contributed by atoms with Crippen molar-refractivity contribution in [1.29, 1.82) is 0 Å². The fourth-order valence-electron chi connectivity index (χ4n) is 1.41. The highest BCUT2D eigenvalue weighted by Gasteiger charge is 2.14. The first-order valence-electron chi connectivity index (χ1n) is 5.54. The Morgan fingerprint density at radius 2 is 1.89 bits per heavy atom. The summed E-state index contributed by atoms with van der Waals surface area (Å²) < 4.78 is 29.4. The predicted octanol–water partition coefficient (Wildman–Crippen LogP) is -0.734. The lowest BCUT2D eigenvalue weighted by Crippen LogP contribution is -2.43. The van der Waals surface area contributed by atoms with E-state index in [9.17, 15) is 13.2 Å². The summed E-state index contributed by atoms with van der Waals surface area (Å²) in [5.41, 5.74) is 6.42. The summed E-state index contributed by atoms with van der Waals surface area (Å²) in [6, 6.07) is 5.42. The van der Waals surface area contributed by atoms with Crippen LogP contribution >= 0.6 is 0 Å². The second kappa shape index (κ2) is 6.50. The van der Waals surface area contributed by atoms with E-state index in [4.69, 9.17) is 15.4 Å². The molecule has 8 heteroatoms. The first kappa shape index (κ1) is 15.4. The molecule has 5 N–H and O–H groups in total. The van der Waals surface area contributed by atoms with E-state index in [1.807, 2.05) is 0 Å². The number of hydrogen-bond acceptors (Lipinski definition) is 5. The molecular weight excluding hydrogens is 272 g/mol. The summed E-state index contributed by atoms with van der Waals surface area (Å²) in [6.07, 6.45) is 0.262. The molecule has 0 spiro atoms. The van der Waals surface area contributed by atoms with Crippen molar-refractivity contribution in [3.05, 3.63) is 29.8 Å². The summed E-state index contributed by atoms with van der Waals surface area (Å²) in [5.74, 6) is -0.934. The minimum absolute atomic E-state index is 0.120. The van der Waals surface area contributed by atoms with Crippen LogP contribution < -0.4 is 11.1 Å². The maximum absolute atomic E-state index is 11.5. The van der Waals surface area contributed by atoms with Gasteiger partial charge in [0.2, 0.25) is 5.91 Å². The van der Waals surface area contributed by atoms with Crippen LogP contribution in [0.25, 0.3) is 0 Å². The number of phenolic OH excluding ortho intramolecular Hbond substituents is 1. The first-order chi connectivity index (χ1) is 8.78. The number of carbonyl (C=O) groups excluding carboxylic acids is 1. The minimum atomic E-state index is -4.09. The molecule has 106 valence electrons. The molecule has 19 heavy (non-hydrogen) atoms. The monoisotopic (exact) mass is 288 g/mol. The van der Waals surface area contributed by atoms with E-state index >= 15 is 0 Å². The number of hydrogen-bond donors (Lipinski definition) is 4. The van der Waals surface area contributed by atoms with Crippen LogP contribution in [0.3, 0.4) is 0 Å². The second-order valence-corrected chi connectivity index (χ2v) is 5.63. The summed E-state index contributed by atoms with van der Waals surface area (Å²) in [7, 11) is -4.09. The Labute approximate surface area is 111 Å². The smallest absolute Gasteiger partial charge is 0.266 e. The molecule has 0 unspecified atom stereocenters. The number of amides is 1. The topological polar surface area (TPSA) is 130 Å². The number of rotatable bonds is 6. The highest BCUT2D eigenvalue weighted by atomic mass is 32.2. The van der Waals surface area contributed by atoms with E-state index < -0.39 is 27.8 Å². The van der Waals surface area contributed by atoms with Crippen molar-refractivity contribution in [3.8, 4) is 5.75 Å². The van der Waals surface area contributed by atoms with Gasteiger partial charge in [0, 0.05) is 6.54 Å². The van der Waals surface area contributed by atoms with E-state index in [-0.39, 0.29) is 18.7 Å². The number of aromatic hydroxyl groups is 1. The average Bonchev–Trinajstić information content (AvgIpc) is 2.30. The zero-order valence-corrected chi connectivity index (χ0v) is 10.9. The van der Waals surface area contributed by atoms with Gasteiger partial charge in [0.25, 0.3) is 10.1 Å². The van der Waals surface area contributed by atoms with Gasteiger partial charge in [-0.1, -0.05) is 12.1 Å². The maximum Gasteiger partial charge on any atom is 0.266 e. The van der Waals surface area contributed by atoms with Gasteiger partial charge >= 0.3 is 0 Å². The first-order valence-corrected chi connectivity index (χ1v) is 7.15. The van der Waals surface area contributed by atoms with Crippen LogP contribution in [0.5, 0.6) is 5.75 Å². The molecule has 1 rings (SSSR count). The maximum atomic E-state index is 11.5. The van der Waals surface area contributed by atoms with Crippen LogP contribution in [0.1, 0.15) is 5.56 Å². The second-order valence-electron chi connectivity index (χ2n) is 4.05. The summed E-state index contributed by atoms with van der Waals surface area (Å²) >= 11 is 0. The van der Waals surface area contributed by atoms with Crippen molar-refractivity contribution >= 4 is 16.0 Å². The summed E-state index contributed by atoms with van der Waals surface area (Å²) in [6.45, 7) is -0.194. The number of benzene rings is 1. The molecule has 0 heterocycles. The SMILES string of the molecule is N[C@@H](Cc1ccc(O)cc1)C(=O)NCCS(=O)(=O)O. The predicted molar refractivity (Wildman–Crippen MR) is 69.2 cm³/mol. The quantitative estimate of drug-likeness (QED) is 0.510. The standard InChI is InChI=1S/C11H16N2O5S/c12-10(7-8-1-3-9(14)4-2-8)11(15)13-5-6-19(16,17)18/h1-4,10,14H,5-7,12H2,(H,13,15)(H,16,17,18)/t10-/m0/s1. The lowest BCUT2D eigenvalue weighted by molar-refractivity contribution is -0.122. The van der Waals surface area contributed by atoms with Crippen LogP contribution in [0.4, 0.5) is 0 Å². The molecule has 1 aromatic carbocycles. The molecule has 0 aliphatic rings. The van der Waals surface area contributed by atoms with Crippen molar-refractivity contribution in [1.82, 2.24) is 5.32 Å². The van der Waals surface area contributed by atoms with Gasteiger partial charge < -0.3 is 16.2 Å². The zero-order chi connectivity index (χ0) is 14.5. The van der Waals surface area contributed by atoms with Crippen LogP contribution in [0, 0.1) is 0 Å². The Balaban J connectivity index is 2.42. The largest absolute Gasteiger partial charge is 0.508 e. The third-order valence-corrected chi connectivity index (χ3v) is 3.11. The molecule has 0 aromatic heterocycles. The van der Waals surface area contributed by atoms with Gasteiger partial charge in [-0.15, -0.1) is 0 Å². The molecule has 0 saturated carbocycles. The number of nitrogens with one attached hydrogen (secondary N) is 1. The number of nitrogens with two attached hydrogens (primary N) is 1. The molecule has 0 bridgehead atoms. The summed E-state index contributed by atoms with van der Waals surface area (Å²) in [4.78, 5) is 11.5. The van der Waals surface area contributed by atoms with E-state index in [0.29, 0.717) is 0 Å². The molecule has 0 saturated heterocycles. The highest BCUT2D eigenvalue weighted by Crippen LogP contribution is 2.10. The van der Waals surface area contributed by atoms with Crippen LogP contribution in [-0.4, -0.2) is 42.3 Å². The zero-order valence-electron chi connectivity index (χ0n) is 10.1. The molecule has 0 radical (unpaired) electrons. The van der Waals surface area contributed by atoms with Gasteiger partial charge in [-0.05, 0) is 24.1 Å². The van der Waals surface area contributed by atoms with Gasteiger partial charge in [-0.25, -0.2) is 0 Å². The minimum Gasteiger partial charge on any atom is -0.508 e. The Bertz CT molecular complexity index is 527. The lowest BCUT2D eigenvalue weighted by Gasteiger charge is -2.12. The molecule has 0 aliphatic heterocycles. The molecule has 0 fully saturated rings. The Kier molecular flexibility index (Phi) is 5.28. The molecular formula is C11H16N2O5S. The van der Waals surface area contributed by atoms with E-state index in [0.717, 1.165) is 5.56 Å². The van der Waals surface area contributed by atoms with Crippen LogP contribution in [0.15, 0.2) is 24.3 Å². The summed E-state index contributed by atoms with van der Waals surface area (Å²) in [5, 5.41) is 11.4. The van der Waals surface area contributed by atoms with Crippen LogP contribution in [0.2, 0.25) is 0 Å². The van der Waals surface area contributed by atoms with Gasteiger partial charge in [-0.3, -0.25) is 9.35 Å². The van der Waals surface area contributed by atoms with Crippen molar-refractivity contribution in [3.63, 3.8) is 0 Å². The van der Waals surface area contributed by atoms with Gasteiger partial charge in [0.05, 0.1) is 11.8 Å².